The van der Waals surface area contributed by atoms with Crippen molar-refractivity contribution in [3.8, 4) is 0 Å². The van der Waals surface area contributed by atoms with Crippen LogP contribution in [0.5, 0.6) is 0 Å². The summed E-state index contributed by atoms with van der Waals surface area (Å²) in [6, 6.07) is 0. The number of aldehydes is 1. The van der Waals surface area contributed by atoms with Crippen LogP contribution in [0.15, 0.2) is 11.1 Å². The van der Waals surface area contributed by atoms with Gasteiger partial charge >= 0.3 is 0 Å². The highest BCUT2D eigenvalue weighted by Crippen LogP contribution is 2.26. The van der Waals surface area contributed by atoms with Crippen molar-refractivity contribution in [1.82, 2.24) is 4.90 Å². The van der Waals surface area contributed by atoms with E-state index in [4.69, 9.17) is 0 Å². The third-order valence-corrected chi connectivity index (χ3v) is 2.38. The third-order valence-electron chi connectivity index (χ3n) is 2.38. The predicted octanol–water partition coefficient (Wildman–Crippen LogP) is 2.64. The first-order valence-electron chi connectivity index (χ1n) is 5.55. The highest BCUT2D eigenvalue weighted by Gasteiger charge is 2.13. The molecule has 0 spiro atoms. The summed E-state index contributed by atoms with van der Waals surface area (Å²) in [5.41, 5.74) is 2.45. The molecule has 0 saturated heterocycles. The largest absolute Gasteiger partial charge is 0.309 e. The molecule has 0 amide bonds. The molecule has 2 nitrogen and oxygen atoms in total. The maximum absolute atomic E-state index is 10.6. The lowest BCUT2D eigenvalue weighted by Gasteiger charge is -2.09. The quantitative estimate of drug-likeness (QED) is 0.646. The number of hydrogen-bond donors (Lipinski definition) is 0. The van der Waals surface area contributed by atoms with Gasteiger partial charge in [0.25, 0.3) is 0 Å². The van der Waals surface area contributed by atoms with Crippen LogP contribution in [0.1, 0.15) is 39.5 Å². The zero-order valence-corrected chi connectivity index (χ0v) is 9.97. The maximum Gasteiger partial charge on any atom is 0.145 e. The normalized spacial score (nSPS) is 15.5. The fourth-order valence-corrected chi connectivity index (χ4v) is 1.62. The monoisotopic (exact) mass is 197 g/mol. The van der Waals surface area contributed by atoms with Crippen molar-refractivity contribution in [3.63, 3.8) is 0 Å². The van der Waals surface area contributed by atoms with Gasteiger partial charge in [-0.25, -0.2) is 0 Å². The average Bonchev–Trinajstić information content (AvgIpc) is 2.65. The van der Waals surface area contributed by atoms with Crippen LogP contribution in [-0.4, -0.2) is 31.8 Å². The Morgan fingerprint density at radius 1 is 1.29 bits per heavy atom. The van der Waals surface area contributed by atoms with E-state index in [2.05, 4.69) is 19.0 Å². The molecular formula is C12H23NO. The number of nitrogens with zero attached hydrogens (tertiary/aromatic N) is 1. The van der Waals surface area contributed by atoms with Gasteiger partial charge in [0.2, 0.25) is 0 Å². The number of hydrogen-bond acceptors (Lipinski definition) is 2. The lowest BCUT2D eigenvalue weighted by Crippen LogP contribution is -2.13. The van der Waals surface area contributed by atoms with E-state index in [-0.39, 0.29) is 0 Å². The zero-order chi connectivity index (χ0) is 11.0. The van der Waals surface area contributed by atoms with Gasteiger partial charge in [0.1, 0.15) is 6.29 Å². The number of allylic oxidation sites excluding steroid dienone is 1. The van der Waals surface area contributed by atoms with E-state index >= 15 is 0 Å². The smallest absolute Gasteiger partial charge is 0.145 e. The van der Waals surface area contributed by atoms with Crippen molar-refractivity contribution < 1.29 is 4.79 Å². The number of carbonyl (C=O) groups excluding carboxylic acids is 1. The molecule has 0 aromatic carbocycles. The Kier molecular flexibility index (Phi) is 7.40. The number of carbonyl (C=O) groups is 1. The molecular weight excluding hydrogens is 174 g/mol. The molecule has 82 valence electrons. The first-order valence-corrected chi connectivity index (χ1v) is 5.55. The summed E-state index contributed by atoms with van der Waals surface area (Å²) in [4.78, 5) is 12.8. The molecule has 14 heavy (non-hydrogen) atoms. The third kappa shape index (κ3) is 4.56. The average molecular weight is 197 g/mol. The molecule has 0 aliphatic heterocycles. The van der Waals surface area contributed by atoms with Crippen LogP contribution >= 0.6 is 0 Å². The standard InChI is InChI=1S/C10H17NO.C2H6/c1-11(2)7-6-9-4-3-5-10(9)8-12;1-2/h8H,3-7H2,1-2H3;1-2H3. The van der Waals surface area contributed by atoms with Crippen LogP contribution in [0.2, 0.25) is 0 Å². The predicted molar refractivity (Wildman–Crippen MR) is 61.5 cm³/mol. The minimum atomic E-state index is 1.01. The van der Waals surface area contributed by atoms with Crippen LogP contribution in [0.25, 0.3) is 0 Å². The highest BCUT2D eigenvalue weighted by molar-refractivity contribution is 5.75. The summed E-state index contributed by atoms with van der Waals surface area (Å²) in [5, 5.41) is 0. The maximum atomic E-state index is 10.6. The van der Waals surface area contributed by atoms with E-state index in [9.17, 15) is 4.79 Å². The zero-order valence-electron chi connectivity index (χ0n) is 9.97. The van der Waals surface area contributed by atoms with Gasteiger partial charge in [-0.3, -0.25) is 4.79 Å². The fourth-order valence-electron chi connectivity index (χ4n) is 1.62. The van der Waals surface area contributed by atoms with Gasteiger partial charge in [-0.2, -0.15) is 0 Å². The van der Waals surface area contributed by atoms with Gasteiger partial charge in [-0.05, 0) is 45.4 Å². The van der Waals surface area contributed by atoms with Gasteiger partial charge in [0, 0.05) is 6.54 Å². The van der Waals surface area contributed by atoms with Gasteiger partial charge in [-0.15, -0.1) is 0 Å². The van der Waals surface area contributed by atoms with E-state index in [0.29, 0.717) is 0 Å². The molecule has 1 rings (SSSR count). The van der Waals surface area contributed by atoms with Crippen molar-refractivity contribution >= 4 is 6.29 Å². The Bertz CT molecular complexity index is 194. The number of rotatable bonds is 4. The SMILES string of the molecule is CC.CN(C)CCC1=C(C=O)CCC1. The Labute approximate surface area is 88.0 Å². The van der Waals surface area contributed by atoms with E-state index in [0.717, 1.165) is 37.7 Å². The summed E-state index contributed by atoms with van der Waals surface area (Å²) in [6.07, 6.45) is 5.43. The van der Waals surface area contributed by atoms with Crippen molar-refractivity contribution in [2.45, 2.75) is 39.5 Å². The molecule has 0 atom stereocenters. The van der Waals surface area contributed by atoms with Crippen LogP contribution in [-0.2, 0) is 4.79 Å². The molecule has 2 heteroatoms. The highest BCUT2D eigenvalue weighted by atomic mass is 16.1. The molecule has 0 radical (unpaired) electrons. The molecule has 0 heterocycles. The Balaban J connectivity index is 0.000000791. The Morgan fingerprint density at radius 2 is 1.93 bits per heavy atom. The van der Waals surface area contributed by atoms with Gasteiger partial charge in [-0.1, -0.05) is 19.4 Å². The fraction of sp³-hybridized carbons (Fsp3) is 0.750. The van der Waals surface area contributed by atoms with Crippen LogP contribution in [0.4, 0.5) is 0 Å². The Morgan fingerprint density at radius 3 is 2.43 bits per heavy atom. The lowest BCUT2D eigenvalue weighted by atomic mass is 10.1. The molecule has 0 aromatic rings. The molecule has 1 aliphatic carbocycles. The van der Waals surface area contributed by atoms with Gasteiger partial charge in [0.05, 0.1) is 0 Å². The second-order valence-electron chi connectivity index (χ2n) is 3.65. The second-order valence-corrected chi connectivity index (χ2v) is 3.65. The Hall–Kier alpha value is -0.630. The first-order chi connectivity index (χ1) is 6.74. The summed E-state index contributed by atoms with van der Waals surface area (Å²) in [6.45, 7) is 5.06. The first kappa shape index (κ1) is 13.4. The molecule has 1 aliphatic rings. The minimum Gasteiger partial charge on any atom is -0.309 e. The molecule has 0 aromatic heterocycles. The van der Waals surface area contributed by atoms with Crippen molar-refractivity contribution in [2.24, 2.45) is 0 Å². The van der Waals surface area contributed by atoms with Crippen molar-refractivity contribution in [2.75, 3.05) is 20.6 Å². The second kappa shape index (κ2) is 7.74. The molecule has 0 unspecified atom stereocenters. The summed E-state index contributed by atoms with van der Waals surface area (Å²) < 4.78 is 0. The minimum absolute atomic E-state index is 1.01. The van der Waals surface area contributed by atoms with Crippen LogP contribution in [0, 0.1) is 0 Å². The summed E-state index contributed by atoms with van der Waals surface area (Å²) in [5.74, 6) is 0. The van der Waals surface area contributed by atoms with Gasteiger partial charge < -0.3 is 4.90 Å². The van der Waals surface area contributed by atoms with E-state index in [1.807, 2.05) is 13.8 Å². The van der Waals surface area contributed by atoms with Crippen LogP contribution in [0.3, 0.4) is 0 Å². The summed E-state index contributed by atoms with van der Waals surface area (Å²) in [7, 11) is 4.13. The van der Waals surface area contributed by atoms with Crippen LogP contribution < -0.4 is 0 Å². The van der Waals surface area contributed by atoms with Crippen molar-refractivity contribution in [1.29, 1.82) is 0 Å². The summed E-state index contributed by atoms with van der Waals surface area (Å²) >= 11 is 0. The van der Waals surface area contributed by atoms with E-state index in [1.54, 1.807) is 0 Å². The molecule has 0 saturated carbocycles. The lowest BCUT2D eigenvalue weighted by molar-refractivity contribution is -0.105. The van der Waals surface area contributed by atoms with E-state index < -0.39 is 0 Å². The molecule has 0 bridgehead atoms. The topological polar surface area (TPSA) is 20.3 Å². The van der Waals surface area contributed by atoms with Crippen molar-refractivity contribution in [3.05, 3.63) is 11.1 Å². The van der Waals surface area contributed by atoms with E-state index in [1.165, 1.54) is 12.0 Å². The molecule has 0 N–H and O–H groups in total. The molecule has 0 fully saturated rings. The van der Waals surface area contributed by atoms with Gasteiger partial charge in [0.15, 0.2) is 0 Å².